The third-order valence-corrected chi connectivity index (χ3v) is 2.33. The molecule has 1 aliphatic rings. The quantitative estimate of drug-likeness (QED) is 0.792. The van der Waals surface area contributed by atoms with Crippen LogP contribution in [0.1, 0.15) is 18.4 Å². The first-order valence-corrected chi connectivity index (χ1v) is 4.95. The lowest BCUT2D eigenvalue weighted by atomic mass is 10.1. The van der Waals surface area contributed by atoms with E-state index in [0.717, 1.165) is 24.2 Å². The second-order valence-electron chi connectivity index (χ2n) is 3.42. The molecule has 2 rings (SSSR count). The Morgan fingerprint density at radius 1 is 1.29 bits per heavy atom. The first-order chi connectivity index (χ1) is 6.90. The Bertz CT molecular complexity index is 331. The van der Waals surface area contributed by atoms with Gasteiger partial charge in [-0.3, -0.25) is 0 Å². The molecule has 0 bridgehead atoms. The lowest BCUT2D eigenvalue weighted by molar-refractivity contribution is 0.208. The number of aliphatic hydroxyl groups is 1. The lowest BCUT2D eigenvalue weighted by Crippen LogP contribution is -2.17. The molecule has 1 unspecified atom stereocenters. The Kier molecular flexibility index (Phi) is 2.84. The van der Waals surface area contributed by atoms with Gasteiger partial charge in [0.05, 0.1) is 0 Å². The van der Waals surface area contributed by atoms with Gasteiger partial charge in [-0.1, -0.05) is 24.3 Å². The number of ether oxygens (including phenoxy) is 1. The van der Waals surface area contributed by atoms with E-state index >= 15 is 0 Å². The fourth-order valence-electron chi connectivity index (χ4n) is 1.59. The summed E-state index contributed by atoms with van der Waals surface area (Å²) in [6, 6.07) is 7.99. The highest BCUT2D eigenvalue weighted by Crippen LogP contribution is 2.26. The Balaban J connectivity index is 2.06. The predicted octanol–water partition coefficient (Wildman–Crippen LogP) is 2.23. The fourth-order valence-corrected chi connectivity index (χ4v) is 1.59. The van der Waals surface area contributed by atoms with Gasteiger partial charge in [0, 0.05) is 12.2 Å². The molecule has 1 aromatic carbocycles. The SMILES string of the molecule is OCCCC1C=Cc2ccccc2O1. The van der Waals surface area contributed by atoms with E-state index in [1.54, 1.807) is 0 Å². The summed E-state index contributed by atoms with van der Waals surface area (Å²) < 4.78 is 5.74. The normalized spacial score (nSPS) is 18.8. The van der Waals surface area contributed by atoms with Crippen LogP contribution in [0.25, 0.3) is 6.08 Å². The molecule has 2 nitrogen and oxygen atoms in total. The van der Waals surface area contributed by atoms with Crippen LogP contribution in [0.15, 0.2) is 30.3 Å². The molecule has 2 heteroatoms. The zero-order valence-corrected chi connectivity index (χ0v) is 8.02. The van der Waals surface area contributed by atoms with E-state index in [4.69, 9.17) is 9.84 Å². The molecule has 0 aliphatic carbocycles. The van der Waals surface area contributed by atoms with Crippen molar-refractivity contribution >= 4 is 6.08 Å². The summed E-state index contributed by atoms with van der Waals surface area (Å²) in [5.74, 6) is 0.943. The lowest BCUT2D eigenvalue weighted by Gasteiger charge is -2.20. The first-order valence-electron chi connectivity index (χ1n) is 4.95. The van der Waals surface area contributed by atoms with E-state index in [2.05, 4.69) is 12.2 Å². The maximum absolute atomic E-state index is 8.71. The van der Waals surface area contributed by atoms with Crippen molar-refractivity contribution in [1.82, 2.24) is 0 Å². The fraction of sp³-hybridized carbons (Fsp3) is 0.333. The van der Waals surface area contributed by atoms with Gasteiger partial charge in [-0.25, -0.2) is 0 Å². The van der Waals surface area contributed by atoms with Crippen LogP contribution in [0, 0.1) is 0 Å². The van der Waals surface area contributed by atoms with Gasteiger partial charge in [0.1, 0.15) is 11.9 Å². The average Bonchev–Trinajstić information content (AvgIpc) is 2.26. The second kappa shape index (κ2) is 4.29. The van der Waals surface area contributed by atoms with Crippen LogP contribution in [0.4, 0.5) is 0 Å². The molecule has 0 aromatic heterocycles. The van der Waals surface area contributed by atoms with Crippen LogP contribution in [0.2, 0.25) is 0 Å². The van der Waals surface area contributed by atoms with Gasteiger partial charge in [0.25, 0.3) is 0 Å². The summed E-state index contributed by atoms with van der Waals surface area (Å²) in [5.41, 5.74) is 1.13. The van der Waals surface area contributed by atoms with E-state index < -0.39 is 0 Å². The maximum atomic E-state index is 8.71. The molecule has 0 saturated carbocycles. The van der Waals surface area contributed by atoms with Crippen LogP contribution in [0.3, 0.4) is 0 Å². The highest BCUT2D eigenvalue weighted by molar-refractivity contribution is 5.59. The van der Waals surface area contributed by atoms with Gasteiger partial charge in [0.15, 0.2) is 0 Å². The number of hydrogen-bond donors (Lipinski definition) is 1. The molecule has 0 amide bonds. The Morgan fingerprint density at radius 2 is 2.14 bits per heavy atom. The van der Waals surface area contributed by atoms with Crippen LogP contribution in [-0.2, 0) is 0 Å². The molecule has 0 fully saturated rings. The molecule has 1 heterocycles. The number of fused-ring (bicyclic) bond motifs is 1. The van der Waals surface area contributed by atoms with Crippen molar-refractivity contribution < 1.29 is 9.84 Å². The molecule has 74 valence electrons. The largest absolute Gasteiger partial charge is 0.486 e. The third-order valence-electron chi connectivity index (χ3n) is 2.33. The van der Waals surface area contributed by atoms with Crippen LogP contribution in [0.5, 0.6) is 5.75 Å². The van der Waals surface area contributed by atoms with Crippen molar-refractivity contribution in [2.75, 3.05) is 6.61 Å². The van der Waals surface area contributed by atoms with E-state index in [1.807, 2.05) is 24.3 Å². The monoisotopic (exact) mass is 190 g/mol. The van der Waals surface area contributed by atoms with E-state index in [1.165, 1.54) is 0 Å². The van der Waals surface area contributed by atoms with Gasteiger partial charge < -0.3 is 9.84 Å². The zero-order valence-electron chi connectivity index (χ0n) is 8.02. The van der Waals surface area contributed by atoms with Crippen molar-refractivity contribution in [3.63, 3.8) is 0 Å². The minimum Gasteiger partial charge on any atom is -0.486 e. The van der Waals surface area contributed by atoms with Crippen LogP contribution < -0.4 is 4.74 Å². The maximum Gasteiger partial charge on any atom is 0.127 e. The first kappa shape index (κ1) is 9.28. The minimum absolute atomic E-state index is 0.122. The summed E-state index contributed by atoms with van der Waals surface area (Å²) in [7, 11) is 0. The van der Waals surface area contributed by atoms with Crippen molar-refractivity contribution in [2.24, 2.45) is 0 Å². The van der Waals surface area contributed by atoms with Crippen molar-refractivity contribution in [3.8, 4) is 5.75 Å². The smallest absolute Gasteiger partial charge is 0.127 e. The van der Waals surface area contributed by atoms with Crippen molar-refractivity contribution in [2.45, 2.75) is 18.9 Å². The van der Waals surface area contributed by atoms with Crippen LogP contribution in [-0.4, -0.2) is 17.8 Å². The summed E-state index contributed by atoms with van der Waals surface area (Å²) in [5, 5.41) is 8.71. The van der Waals surface area contributed by atoms with Gasteiger partial charge >= 0.3 is 0 Å². The molecule has 1 aliphatic heterocycles. The Labute approximate surface area is 83.8 Å². The standard InChI is InChI=1S/C12H14O2/c13-9-3-5-11-8-7-10-4-1-2-6-12(10)14-11/h1-2,4,6-8,11,13H,3,5,9H2. The molecular weight excluding hydrogens is 176 g/mol. The van der Waals surface area contributed by atoms with Gasteiger partial charge in [-0.05, 0) is 25.0 Å². The predicted molar refractivity (Wildman–Crippen MR) is 56.2 cm³/mol. The van der Waals surface area contributed by atoms with Crippen molar-refractivity contribution in [3.05, 3.63) is 35.9 Å². The molecule has 1 N–H and O–H groups in total. The average molecular weight is 190 g/mol. The van der Waals surface area contributed by atoms with Gasteiger partial charge in [0.2, 0.25) is 0 Å². The van der Waals surface area contributed by atoms with E-state index in [0.29, 0.717) is 0 Å². The van der Waals surface area contributed by atoms with E-state index in [-0.39, 0.29) is 12.7 Å². The zero-order chi connectivity index (χ0) is 9.80. The van der Waals surface area contributed by atoms with Gasteiger partial charge in [-0.2, -0.15) is 0 Å². The van der Waals surface area contributed by atoms with Crippen molar-refractivity contribution in [1.29, 1.82) is 0 Å². The minimum atomic E-state index is 0.122. The number of hydrogen-bond acceptors (Lipinski definition) is 2. The highest BCUT2D eigenvalue weighted by Gasteiger charge is 2.12. The Morgan fingerprint density at radius 3 is 3.00 bits per heavy atom. The highest BCUT2D eigenvalue weighted by atomic mass is 16.5. The van der Waals surface area contributed by atoms with Gasteiger partial charge in [-0.15, -0.1) is 0 Å². The number of benzene rings is 1. The number of aliphatic hydroxyl groups excluding tert-OH is 1. The molecule has 1 aromatic rings. The molecule has 0 radical (unpaired) electrons. The summed E-state index contributed by atoms with van der Waals surface area (Å²) >= 11 is 0. The Hall–Kier alpha value is -1.28. The second-order valence-corrected chi connectivity index (χ2v) is 3.42. The topological polar surface area (TPSA) is 29.5 Å². The molecule has 1 atom stereocenters. The van der Waals surface area contributed by atoms with Crippen LogP contribution >= 0.6 is 0 Å². The molecule has 0 saturated heterocycles. The number of para-hydroxylation sites is 1. The molecule has 14 heavy (non-hydrogen) atoms. The summed E-state index contributed by atoms with van der Waals surface area (Å²) in [6.07, 6.45) is 5.93. The molecular formula is C12H14O2. The summed E-state index contributed by atoms with van der Waals surface area (Å²) in [4.78, 5) is 0. The number of rotatable bonds is 3. The van der Waals surface area contributed by atoms with E-state index in [9.17, 15) is 0 Å². The summed E-state index contributed by atoms with van der Waals surface area (Å²) in [6.45, 7) is 0.231. The third kappa shape index (κ3) is 1.96. The molecule has 0 spiro atoms.